The van der Waals surface area contributed by atoms with Crippen LogP contribution in [0.3, 0.4) is 0 Å². The van der Waals surface area contributed by atoms with Gasteiger partial charge in [-0.3, -0.25) is 4.79 Å². The predicted octanol–water partition coefficient (Wildman–Crippen LogP) is 4.12. The summed E-state index contributed by atoms with van der Waals surface area (Å²) < 4.78 is 11.2. The third kappa shape index (κ3) is 6.57. The lowest BCUT2D eigenvalue weighted by atomic mass is 9.59. The molecule has 38 heavy (non-hydrogen) atoms. The van der Waals surface area contributed by atoms with Crippen LogP contribution in [0.4, 0.5) is 0 Å². The molecule has 0 bridgehead atoms. The van der Waals surface area contributed by atoms with E-state index in [0.717, 1.165) is 43.1 Å². The van der Waals surface area contributed by atoms with Crippen LogP contribution in [0.1, 0.15) is 83.5 Å². The summed E-state index contributed by atoms with van der Waals surface area (Å²) in [6.07, 6.45) is 16.3. The smallest absolute Gasteiger partial charge is 0.251 e. The summed E-state index contributed by atoms with van der Waals surface area (Å²) in [5, 5.41) is 16.1. The Kier molecular flexibility index (Phi) is 9.68. The lowest BCUT2D eigenvalue weighted by molar-refractivity contribution is -0.136. The maximum atomic E-state index is 12.9. The second kappa shape index (κ2) is 13.0. The van der Waals surface area contributed by atoms with Gasteiger partial charge in [0.15, 0.2) is 0 Å². The first kappa shape index (κ1) is 28.3. The van der Waals surface area contributed by atoms with Crippen molar-refractivity contribution in [3.05, 3.63) is 0 Å². The van der Waals surface area contributed by atoms with Gasteiger partial charge in [0.2, 0.25) is 0 Å². The predicted molar refractivity (Wildman–Crippen MR) is 148 cm³/mol. The third-order valence-corrected chi connectivity index (χ3v) is 11.5. The first-order valence-corrected chi connectivity index (χ1v) is 15.7. The van der Waals surface area contributed by atoms with Crippen LogP contribution < -0.4 is 10.6 Å². The van der Waals surface area contributed by atoms with E-state index in [0.29, 0.717) is 24.5 Å². The molecule has 1 spiro atoms. The number of fused-ring (bicyclic) bond motifs is 2. The molecule has 3 unspecified atom stereocenters. The van der Waals surface area contributed by atoms with Crippen molar-refractivity contribution in [2.75, 3.05) is 46.9 Å². The number of nitrogens with zero attached hydrogens (tertiary/aromatic N) is 2. The number of nitrogens with one attached hydrogen (secondary N) is 2. The van der Waals surface area contributed by atoms with Crippen LogP contribution in [-0.4, -0.2) is 76.0 Å². The fourth-order valence-electron chi connectivity index (χ4n) is 8.99. The lowest BCUT2D eigenvalue weighted by Crippen LogP contribution is -2.49. The summed E-state index contributed by atoms with van der Waals surface area (Å²) in [5.74, 6) is 4.13. The molecule has 7 nitrogen and oxygen atoms in total. The molecule has 2 heterocycles. The minimum Gasteiger partial charge on any atom is -0.379 e. The van der Waals surface area contributed by atoms with E-state index < -0.39 is 12.1 Å². The Morgan fingerprint density at radius 1 is 1.08 bits per heavy atom. The molecule has 0 radical (unpaired) electrons. The third-order valence-electron chi connectivity index (χ3n) is 11.5. The molecule has 5 aliphatic rings. The molecule has 5 fully saturated rings. The van der Waals surface area contributed by atoms with Gasteiger partial charge in [-0.25, -0.2) is 0 Å². The highest BCUT2D eigenvalue weighted by Gasteiger charge is 2.51. The van der Waals surface area contributed by atoms with Crippen LogP contribution in [-0.2, 0) is 14.3 Å². The van der Waals surface area contributed by atoms with E-state index in [4.69, 9.17) is 9.47 Å². The van der Waals surface area contributed by atoms with Crippen molar-refractivity contribution in [3.8, 4) is 6.07 Å². The number of nitriles is 1. The van der Waals surface area contributed by atoms with Crippen molar-refractivity contribution in [2.24, 2.45) is 35.0 Å². The van der Waals surface area contributed by atoms with Gasteiger partial charge >= 0.3 is 0 Å². The standard InChI is InChI=1S/C31H52N4O3/c1-35-15-12-31(13-16-35)11-9-24-7-8-25(18-28(24)31)23-5-3-22(4-6-23)17-26(19-32)34-30(36)29-20-33-14-10-27(37-2)21-38-29/h22-29,33H,3-18,20-21H2,1-2H3,(H,34,36)/t22?,23?,24?,25?,26-,27+,28?,29-/m0/s1. The minimum absolute atomic E-state index is 0.00123. The second-order valence-corrected chi connectivity index (χ2v) is 13.5. The van der Waals surface area contributed by atoms with Crippen LogP contribution in [0.2, 0.25) is 0 Å². The van der Waals surface area contributed by atoms with E-state index in [1.54, 1.807) is 7.11 Å². The topological polar surface area (TPSA) is 86.6 Å². The molecule has 2 saturated heterocycles. The van der Waals surface area contributed by atoms with Crippen LogP contribution >= 0.6 is 0 Å². The largest absolute Gasteiger partial charge is 0.379 e. The highest BCUT2D eigenvalue weighted by Crippen LogP contribution is 2.60. The fourth-order valence-corrected chi connectivity index (χ4v) is 8.99. The molecule has 0 aromatic heterocycles. The number of piperidine rings is 1. The van der Waals surface area contributed by atoms with E-state index in [-0.39, 0.29) is 12.0 Å². The van der Waals surface area contributed by atoms with Gasteiger partial charge in [-0.15, -0.1) is 0 Å². The Labute approximate surface area is 230 Å². The number of ether oxygens (including phenoxy) is 2. The summed E-state index contributed by atoms with van der Waals surface area (Å²) in [6.45, 7) is 4.29. The van der Waals surface area contributed by atoms with Crippen LogP contribution in [0.5, 0.6) is 0 Å². The Balaban J connectivity index is 1.07. The Bertz CT molecular complexity index is 814. The zero-order valence-electron chi connectivity index (χ0n) is 24.0. The van der Waals surface area contributed by atoms with Crippen molar-refractivity contribution in [1.29, 1.82) is 5.26 Å². The number of rotatable bonds is 6. The van der Waals surface area contributed by atoms with E-state index in [1.165, 1.54) is 83.7 Å². The molecule has 2 aliphatic heterocycles. The molecule has 3 saturated carbocycles. The maximum Gasteiger partial charge on any atom is 0.251 e. The lowest BCUT2D eigenvalue weighted by Gasteiger charge is -2.48. The molecule has 7 heteroatoms. The Morgan fingerprint density at radius 3 is 2.55 bits per heavy atom. The van der Waals surface area contributed by atoms with E-state index >= 15 is 0 Å². The Morgan fingerprint density at radius 2 is 1.82 bits per heavy atom. The molecule has 0 aromatic carbocycles. The molecule has 3 aliphatic carbocycles. The number of hydrogen-bond acceptors (Lipinski definition) is 6. The van der Waals surface area contributed by atoms with Gasteiger partial charge in [-0.05, 0) is 132 Å². The molecule has 2 N–H and O–H groups in total. The SMILES string of the molecule is CO[C@@H]1CCNC[C@@H](C(=O)N[C@H](C#N)CC2CCC(C3CCC4CCC5(CCN(C)CC5)C4C3)CC2)OC1. The van der Waals surface area contributed by atoms with Gasteiger partial charge in [-0.1, -0.05) is 12.8 Å². The van der Waals surface area contributed by atoms with Gasteiger partial charge in [0.05, 0.1) is 18.8 Å². The molecule has 6 atom stereocenters. The molecule has 5 rings (SSSR count). The van der Waals surface area contributed by atoms with E-state index in [2.05, 4.69) is 28.7 Å². The molecule has 0 aromatic rings. The molecular weight excluding hydrogens is 476 g/mol. The minimum atomic E-state index is -0.571. The van der Waals surface area contributed by atoms with Crippen LogP contribution in [0, 0.1) is 46.3 Å². The van der Waals surface area contributed by atoms with Gasteiger partial charge in [-0.2, -0.15) is 5.26 Å². The number of carbonyl (C=O) groups excluding carboxylic acids is 1. The van der Waals surface area contributed by atoms with Crippen molar-refractivity contribution in [2.45, 2.75) is 102 Å². The number of likely N-dealkylation sites (tertiary alicyclic amines) is 1. The molecule has 214 valence electrons. The van der Waals surface area contributed by atoms with Crippen molar-refractivity contribution in [1.82, 2.24) is 15.5 Å². The first-order valence-electron chi connectivity index (χ1n) is 15.7. The van der Waals surface area contributed by atoms with Crippen molar-refractivity contribution < 1.29 is 14.3 Å². The summed E-state index contributed by atoms with van der Waals surface area (Å²) in [6, 6.07) is 1.93. The van der Waals surface area contributed by atoms with Gasteiger partial charge in [0.1, 0.15) is 12.1 Å². The number of hydrogen-bond donors (Lipinski definition) is 2. The molecule has 1 amide bonds. The maximum absolute atomic E-state index is 12.9. The molecular formula is C31H52N4O3. The van der Waals surface area contributed by atoms with E-state index in [9.17, 15) is 10.1 Å². The highest BCUT2D eigenvalue weighted by molar-refractivity contribution is 5.81. The van der Waals surface area contributed by atoms with Gasteiger partial charge < -0.3 is 25.0 Å². The fraction of sp³-hybridized carbons (Fsp3) is 0.935. The van der Waals surface area contributed by atoms with E-state index in [1.807, 2.05) is 0 Å². The normalized spacial score (nSPS) is 38.9. The first-order chi connectivity index (χ1) is 18.5. The number of methoxy groups -OCH3 is 1. The average molecular weight is 529 g/mol. The second-order valence-electron chi connectivity index (χ2n) is 13.5. The zero-order valence-corrected chi connectivity index (χ0v) is 24.0. The quantitative estimate of drug-likeness (QED) is 0.539. The Hall–Kier alpha value is -1.20. The monoisotopic (exact) mass is 528 g/mol. The highest BCUT2D eigenvalue weighted by atomic mass is 16.5. The zero-order chi connectivity index (χ0) is 26.5. The van der Waals surface area contributed by atoms with Crippen molar-refractivity contribution in [3.63, 3.8) is 0 Å². The summed E-state index contributed by atoms with van der Waals surface area (Å²) in [5.41, 5.74) is 0.658. The van der Waals surface area contributed by atoms with Gasteiger partial charge in [0, 0.05) is 13.7 Å². The summed E-state index contributed by atoms with van der Waals surface area (Å²) >= 11 is 0. The van der Waals surface area contributed by atoms with Crippen LogP contribution in [0.25, 0.3) is 0 Å². The van der Waals surface area contributed by atoms with Crippen molar-refractivity contribution >= 4 is 5.91 Å². The number of amides is 1. The van der Waals surface area contributed by atoms with Crippen LogP contribution in [0.15, 0.2) is 0 Å². The summed E-state index contributed by atoms with van der Waals surface area (Å²) in [4.78, 5) is 15.4. The summed E-state index contributed by atoms with van der Waals surface area (Å²) in [7, 11) is 3.97. The van der Waals surface area contributed by atoms with Gasteiger partial charge in [0.25, 0.3) is 5.91 Å². The average Bonchev–Trinajstić information content (AvgIpc) is 3.28. The number of carbonyl (C=O) groups is 1.